The topological polar surface area (TPSA) is 55.4 Å². The lowest BCUT2D eigenvalue weighted by molar-refractivity contribution is -0.150. The molecule has 0 aliphatic heterocycles. The molecule has 0 aromatic heterocycles. The van der Waals surface area contributed by atoms with E-state index in [2.05, 4.69) is 12.2 Å². The van der Waals surface area contributed by atoms with Crippen LogP contribution in [0.5, 0.6) is 0 Å². The number of amides is 1. The molecule has 1 fully saturated rings. The molecular weight excluding hydrogens is 359 g/mol. The fourth-order valence-corrected chi connectivity index (χ4v) is 3.08. The van der Waals surface area contributed by atoms with Crippen LogP contribution in [0.15, 0.2) is 30.3 Å². The lowest BCUT2D eigenvalue weighted by atomic mass is 9.86. The number of halogens is 3. The molecule has 1 N–H and O–H groups in total. The molecule has 1 aromatic carbocycles. The third-order valence-electron chi connectivity index (χ3n) is 4.73. The maximum atomic E-state index is 12.7. The Morgan fingerprint density at radius 3 is 2.63 bits per heavy atom. The van der Waals surface area contributed by atoms with E-state index in [0.717, 1.165) is 43.9 Å². The van der Waals surface area contributed by atoms with E-state index in [1.807, 2.05) is 0 Å². The summed E-state index contributed by atoms with van der Waals surface area (Å²) in [5.74, 6) is -0.771. The Labute approximate surface area is 156 Å². The van der Waals surface area contributed by atoms with E-state index in [1.165, 1.54) is 25.1 Å². The molecule has 0 spiro atoms. The van der Waals surface area contributed by atoms with Gasteiger partial charge in [-0.2, -0.15) is 13.2 Å². The highest BCUT2D eigenvalue weighted by atomic mass is 19.4. The number of nitrogens with one attached hydrogen (secondary N) is 1. The first-order valence-corrected chi connectivity index (χ1v) is 9.03. The molecule has 0 saturated heterocycles. The molecule has 7 heteroatoms. The van der Waals surface area contributed by atoms with Gasteiger partial charge in [-0.15, -0.1) is 0 Å². The lowest BCUT2D eigenvalue weighted by Gasteiger charge is -2.30. The number of esters is 1. The number of alkyl halides is 3. The number of carbonyl (C=O) groups excluding carboxylic acids is 2. The lowest BCUT2D eigenvalue weighted by Crippen LogP contribution is -2.45. The van der Waals surface area contributed by atoms with E-state index < -0.39 is 23.8 Å². The third-order valence-corrected chi connectivity index (χ3v) is 4.73. The molecule has 1 amide bonds. The quantitative estimate of drug-likeness (QED) is 0.608. The summed E-state index contributed by atoms with van der Waals surface area (Å²) in [6.07, 6.45) is 0.989. The molecular formula is C20H24F3NO3. The SMILES string of the molecule is C[C@@H]1CCCC[C@@H]1NC(=O)[C@@H](C)OC(=O)/C=C/c1cccc(C(F)(F)F)c1. The van der Waals surface area contributed by atoms with E-state index in [-0.39, 0.29) is 17.5 Å². The number of hydrogen-bond donors (Lipinski definition) is 1. The molecule has 1 saturated carbocycles. The molecule has 148 valence electrons. The van der Waals surface area contributed by atoms with Gasteiger partial charge in [-0.05, 0) is 49.5 Å². The highest BCUT2D eigenvalue weighted by Gasteiger charge is 2.30. The van der Waals surface area contributed by atoms with Gasteiger partial charge in [0.05, 0.1) is 5.56 Å². The highest BCUT2D eigenvalue weighted by molar-refractivity contribution is 5.90. The number of benzene rings is 1. The normalized spacial score (nSPS) is 21.7. The minimum absolute atomic E-state index is 0.0769. The summed E-state index contributed by atoms with van der Waals surface area (Å²) in [4.78, 5) is 24.0. The van der Waals surface area contributed by atoms with E-state index in [4.69, 9.17) is 4.74 Å². The van der Waals surface area contributed by atoms with Gasteiger partial charge >= 0.3 is 12.1 Å². The molecule has 0 radical (unpaired) electrons. The van der Waals surface area contributed by atoms with Crippen LogP contribution in [-0.4, -0.2) is 24.0 Å². The standard InChI is InChI=1S/C20H24F3NO3/c1-13-6-3-4-9-17(13)24-19(26)14(2)27-18(25)11-10-15-7-5-8-16(12-15)20(21,22)23/h5,7-8,10-14,17H,3-4,6,9H2,1-2H3,(H,24,26)/b11-10+/t13-,14-,17+/m1/s1. The Kier molecular flexibility index (Phi) is 7.05. The minimum atomic E-state index is -4.45. The van der Waals surface area contributed by atoms with E-state index in [9.17, 15) is 22.8 Å². The summed E-state index contributed by atoms with van der Waals surface area (Å²) in [5.41, 5.74) is -0.581. The number of rotatable bonds is 5. The van der Waals surface area contributed by atoms with Gasteiger partial charge in [-0.3, -0.25) is 4.79 Å². The summed E-state index contributed by atoms with van der Waals surface area (Å²) >= 11 is 0. The summed E-state index contributed by atoms with van der Waals surface area (Å²) in [6, 6.07) is 4.67. The Balaban J connectivity index is 1.89. The van der Waals surface area contributed by atoms with Crippen molar-refractivity contribution in [3.63, 3.8) is 0 Å². The van der Waals surface area contributed by atoms with Gasteiger partial charge in [-0.1, -0.05) is 31.9 Å². The Bertz CT molecular complexity index is 700. The molecule has 1 aromatic rings. The molecule has 1 aliphatic carbocycles. The van der Waals surface area contributed by atoms with E-state index in [1.54, 1.807) is 0 Å². The van der Waals surface area contributed by atoms with Crippen molar-refractivity contribution in [1.29, 1.82) is 0 Å². The highest BCUT2D eigenvalue weighted by Crippen LogP contribution is 2.29. The van der Waals surface area contributed by atoms with Crippen molar-refractivity contribution in [2.45, 2.75) is 57.9 Å². The van der Waals surface area contributed by atoms with Crippen molar-refractivity contribution in [2.24, 2.45) is 5.92 Å². The Hall–Kier alpha value is -2.31. The van der Waals surface area contributed by atoms with Gasteiger partial charge < -0.3 is 10.1 Å². The molecule has 0 bridgehead atoms. The zero-order valence-electron chi connectivity index (χ0n) is 15.4. The molecule has 0 unspecified atom stereocenters. The summed E-state index contributed by atoms with van der Waals surface area (Å²) in [5, 5.41) is 2.91. The van der Waals surface area contributed by atoms with Crippen molar-refractivity contribution in [3.8, 4) is 0 Å². The smallest absolute Gasteiger partial charge is 0.416 e. The first kappa shape index (κ1) is 21.0. The van der Waals surface area contributed by atoms with Crippen LogP contribution in [0.3, 0.4) is 0 Å². The van der Waals surface area contributed by atoms with Crippen LogP contribution < -0.4 is 5.32 Å². The second-order valence-electron chi connectivity index (χ2n) is 6.91. The summed E-state index contributed by atoms with van der Waals surface area (Å²) in [6.45, 7) is 3.55. The largest absolute Gasteiger partial charge is 0.449 e. The molecule has 0 heterocycles. The second kappa shape index (κ2) is 9.06. The van der Waals surface area contributed by atoms with Crippen LogP contribution >= 0.6 is 0 Å². The van der Waals surface area contributed by atoms with Crippen molar-refractivity contribution in [3.05, 3.63) is 41.5 Å². The van der Waals surface area contributed by atoms with Gasteiger partial charge in [-0.25, -0.2) is 4.79 Å². The van der Waals surface area contributed by atoms with Crippen molar-refractivity contribution < 1.29 is 27.5 Å². The summed E-state index contributed by atoms with van der Waals surface area (Å²) in [7, 11) is 0. The van der Waals surface area contributed by atoms with Crippen LogP contribution in [0.1, 0.15) is 50.7 Å². The zero-order chi connectivity index (χ0) is 20.0. The van der Waals surface area contributed by atoms with Crippen LogP contribution in [0.4, 0.5) is 13.2 Å². The molecule has 27 heavy (non-hydrogen) atoms. The monoisotopic (exact) mass is 383 g/mol. The van der Waals surface area contributed by atoms with Gasteiger partial charge in [0.15, 0.2) is 6.10 Å². The van der Waals surface area contributed by atoms with Gasteiger partial charge in [0.2, 0.25) is 0 Å². The van der Waals surface area contributed by atoms with E-state index >= 15 is 0 Å². The predicted molar refractivity (Wildman–Crippen MR) is 95.6 cm³/mol. The Morgan fingerprint density at radius 2 is 1.96 bits per heavy atom. The number of hydrogen-bond acceptors (Lipinski definition) is 3. The van der Waals surface area contributed by atoms with Crippen molar-refractivity contribution >= 4 is 18.0 Å². The van der Waals surface area contributed by atoms with Crippen LogP contribution in [0, 0.1) is 5.92 Å². The molecule has 2 rings (SSSR count). The van der Waals surface area contributed by atoms with Gasteiger partial charge in [0.1, 0.15) is 0 Å². The van der Waals surface area contributed by atoms with Crippen molar-refractivity contribution in [2.75, 3.05) is 0 Å². The number of carbonyl (C=O) groups is 2. The fraction of sp³-hybridized carbons (Fsp3) is 0.500. The molecule has 1 aliphatic rings. The average molecular weight is 383 g/mol. The maximum absolute atomic E-state index is 12.7. The minimum Gasteiger partial charge on any atom is -0.449 e. The Morgan fingerprint density at radius 1 is 1.26 bits per heavy atom. The molecule has 3 atom stereocenters. The molecule has 4 nitrogen and oxygen atoms in total. The average Bonchev–Trinajstić information content (AvgIpc) is 2.61. The maximum Gasteiger partial charge on any atom is 0.416 e. The van der Waals surface area contributed by atoms with Gasteiger partial charge in [0.25, 0.3) is 5.91 Å². The van der Waals surface area contributed by atoms with Gasteiger partial charge in [0, 0.05) is 12.1 Å². The van der Waals surface area contributed by atoms with Crippen LogP contribution in [0.25, 0.3) is 6.08 Å². The first-order chi connectivity index (χ1) is 12.7. The van der Waals surface area contributed by atoms with Crippen LogP contribution in [-0.2, 0) is 20.5 Å². The summed E-state index contributed by atoms with van der Waals surface area (Å²) < 4.78 is 43.1. The first-order valence-electron chi connectivity index (χ1n) is 9.03. The zero-order valence-corrected chi connectivity index (χ0v) is 15.4. The fourth-order valence-electron chi connectivity index (χ4n) is 3.08. The van der Waals surface area contributed by atoms with Crippen molar-refractivity contribution in [1.82, 2.24) is 5.32 Å². The second-order valence-corrected chi connectivity index (χ2v) is 6.91. The predicted octanol–water partition coefficient (Wildman–Crippen LogP) is 4.35. The van der Waals surface area contributed by atoms with E-state index in [0.29, 0.717) is 5.92 Å². The number of ether oxygens (including phenoxy) is 1. The van der Waals surface area contributed by atoms with Crippen LogP contribution in [0.2, 0.25) is 0 Å². The third kappa shape index (κ3) is 6.41.